The van der Waals surface area contributed by atoms with Gasteiger partial charge in [0.05, 0.1) is 11.6 Å². The van der Waals surface area contributed by atoms with Gasteiger partial charge in [-0.25, -0.2) is 4.79 Å². The molecule has 0 radical (unpaired) electrons. The minimum Gasteiger partial charge on any atom is -0.391 e. The fourth-order valence-corrected chi connectivity index (χ4v) is 2.79. The number of urea groups is 1. The number of aliphatic hydroxyl groups excluding tert-OH is 1. The maximum Gasteiger partial charge on any atom is 0.319 e. The number of carbonyl (C=O) groups is 1. The maximum atomic E-state index is 12.0. The Kier molecular flexibility index (Phi) is 5.49. The van der Waals surface area contributed by atoms with Gasteiger partial charge in [0.2, 0.25) is 0 Å². The normalized spacial score (nSPS) is 12.0. The minimum atomic E-state index is -0.530. The summed E-state index contributed by atoms with van der Waals surface area (Å²) in [5.74, 6) is 0. The highest BCUT2D eigenvalue weighted by atomic mass is 16.3. The zero-order valence-electron chi connectivity index (χ0n) is 15.0. The number of fused-ring (bicyclic) bond motifs is 1. The van der Waals surface area contributed by atoms with Gasteiger partial charge in [0.1, 0.15) is 0 Å². The van der Waals surface area contributed by atoms with Gasteiger partial charge < -0.3 is 15.7 Å². The van der Waals surface area contributed by atoms with Gasteiger partial charge in [0, 0.05) is 28.9 Å². The predicted molar refractivity (Wildman–Crippen MR) is 105 cm³/mol. The Balaban J connectivity index is 1.83. The van der Waals surface area contributed by atoms with E-state index in [1.807, 2.05) is 50.2 Å². The molecule has 0 saturated carbocycles. The van der Waals surface area contributed by atoms with Crippen molar-refractivity contribution >= 4 is 22.6 Å². The maximum absolute atomic E-state index is 12.0. The van der Waals surface area contributed by atoms with E-state index in [1.54, 1.807) is 0 Å². The van der Waals surface area contributed by atoms with Crippen molar-refractivity contribution in [2.24, 2.45) is 0 Å². The lowest BCUT2D eigenvalue weighted by molar-refractivity contribution is 0.168. The third-order valence-electron chi connectivity index (χ3n) is 4.32. The van der Waals surface area contributed by atoms with Gasteiger partial charge >= 0.3 is 6.03 Å². The molecule has 5 heteroatoms. The molecule has 3 N–H and O–H groups in total. The highest BCUT2D eigenvalue weighted by Gasteiger charge is 2.08. The first-order valence-electron chi connectivity index (χ1n) is 8.76. The molecule has 0 unspecified atom stereocenters. The lowest BCUT2D eigenvalue weighted by Crippen LogP contribution is -2.34. The van der Waals surface area contributed by atoms with Crippen LogP contribution in [0.25, 0.3) is 22.0 Å². The SMILES string of the molecule is CC[C@H](O)CNC(=O)Nc1ccc2nc(C)c(-c3ccccc3)cc2c1. The van der Waals surface area contributed by atoms with Crippen molar-refractivity contribution in [1.82, 2.24) is 10.3 Å². The molecule has 5 nitrogen and oxygen atoms in total. The number of carbonyl (C=O) groups excluding carboxylic acids is 1. The first kappa shape index (κ1) is 17.9. The van der Waals surface area contributed by atoms with E-state index < -0.39 is 6.10 Å². The second-order valence-corrected chi connectivity index (χ2v) is 6.29. The molecule has 0 saturated heterocycles. The summed E-state index contributed by atoms with van der Waals surface area (Å²) in [6.07, 6.45) is 0.0711. The quantitative estimate of drug-likeness (QED) is 0.649. The van der Waals surface area contributed by atoms with Gasteiger partial charge in [-0.15, -0.1) is 0 Å². The minimum absolute atomic E-state index is 0.231. The van der Waals surface area contributed by atoms with Crippen LogP contribution >= 0.6 is 0 Å². The lowest BCUT2D eigenvalue weighted by Gasteiger charge is -2.12. The fourth-order valence-electron chi connectivity index (χ4n) is 2.79. The van der Waals surface area contributed by atoms with E-state index in [4.69, 9.17) is 0 Å². The summed E-state index contributed by atoms with van der Waals surface area (Å²) in [7, 11) is 0. The van der Waals surface area contributed by atoms with E-state index >= 15 is 0 Å². The Hall–Kier alpha value is -2.92. The molecule has 0 aliphatic heterocycles. The number of nitrogens with one attached hydrogen (secondary N) is 2. The summed E-state index contributed by atoms with van der Waals surface area (Å²) >= 11 is 0. The Morgan fingerprint density at radius 2 is 1.92 bits per heavy atom. The Bertz CT molecular complexity index is 910. The molecule has 1 aromatic heterocycles. The average molecular weight is 349 g/mol. The fraction of sp³-hybridized carbons (Fsp3) is 0.238. The number of hydrogen-bond acceptors (Lipinski definition) is 3. The summed E-state index contributed by atoms with van der Waals surface area (Å²) in [6.45, 7) is 4.10. The largest absolute Gasteiger partial charge is 0.391 e. The monoisotopic (exact) mass is 349 g/mol. The summed E-state index contributed by atoms with van der Waals surface area (Å²) < 4.78 is 0. The summed E-state index contributed by atoms with van der Waals surface area (Å²) in [5.41, 5.74) is 4.73. The molecule has 2 amide bonds. The predicted octanol–water partition coefficient (Wildman–Crippen LogP) is 4.10. The van der Waals surface area contributed by atoms with Crippen molar-refractivity contribution in [3.8, 4) is 11.1 Å². The topological polar surface area (TPSA) is 74.2 Å². The number of anilines is 1. The summed E-state index contributed by atoms with van der Waals surface area (Å²) in [6, 6.07) is 17.5. The van der Waals surface area contributed by atoms with Crippen LogP contribution in [0.2, 0.25) is 0 Å². The van der Waals surface area contributed by atoms with E-state index in [1.165, 1.54) is 0 Å². The van der Waals surface area contributed by atoms with Crippen LogP contribution in [-0.2, 0) is 0 Å². The number of amides is 2. The molecule has 0 fully saturated rings. The molecule has 1 heterocycles. The first-order valence-corrected chi connectivity index (χ1v) is 8.76. The van der Waals surface area contributed by atoms with Crippen LogP contribution in [0, 0.1) is 6.92 Å². The zero-order chi connectivity index (χ0) is 18.5. The van der Waals surface area contributed by atoms with Crippen LogP contribution in [0.1, 0.15) is 19.0 Å². The molecular formula is C21H23N3O2. The van der Waals surface area contributed by atoms with E-state index in [-0.39, 0.29) is 12.6 Å². The van der Waals surface area contributed by atoms with Gasteiger partial charge in [-0.2, -0.15) is 0 Å². The lowest BCUT2D eigenvalue weighted by atomic mass is 10.0. The number of aliphatic hydroxyl groups is 1. The molecule has 0 aliphatic carbocycles. The van der Waals surface area contributed by atoms with Crippen LogP contribution in [0.5, 0.6) is 0 Å². The molecule has 134 valence electrons. The van der Waals surface area contributed by atoms with Crippen molar-refractivity contribution in [3.05, 3.63) is 60.3 Å². The van der Waals surface area contributed by atoms with E-state index in [2.05, 4.69) is 33.8 Å². The Labute approximate surface area is 153 Å². The van der Waals surface area contributed by atoms with Crippen LogP contribution in [0.3, 0.4) is 0 Å². The van der Waals surface area contributed by atoms with E-state index in [9.17, 15) is 9.90 Å². The molecule has 3 aromatic rings. The van der Waals surface area contributed by atoms with Crippen LogP contribution in [-0.4, -0.2) is 28.8 Å². The van der Waals surface area contributed by atoms with Gasteiger partial charge in [-0.05, 0) is 43.2 Å². The van der Waals surface area contributed by atoms with E-state index in [0.717, 1.165) is 27.7 Å². The highest BCUT2D eigenvalue weighted by Crippen LogP contribution is 2.27. The van der Waals surface area contributed by atoms with Gasteiger partial charge in [0.25, 0.3) is 0 Å². The molecule has 3 rings (SSSR count). The molecular weight excluding hydrogens is 326 g/mol. The number of hydrogen-bond donors (Lipinski definition) is 3. The number of rotatable bonds is 5. The second kappa shape index (κ2) is 7.97. The summed E-state index contributed by atoms with van der Waals surface area (Å²) in [5, 5.41) is 15.9. The van der Waals surface area contributed by atoms with Crippen molar-refractivity contribution < 1.29 is 9.90 Å². The van der Waals surface area contributed by atoms with Crippen LogP contribution < -0.4 is 10.6 Å². The van der Waals surface area contributed by atoms with Crippen molar-refractivity contribution in [2.75, 3.05) is 11.9 Å². The third kappa shape index (κ3) is 4.18. The smallest absolute Gasteiger partial charge is 0.319 e. The number of aryl methyl sites for hydroxylation is 1. The van der Waals surface area contributed by atoms with Crippen molar-refractivity contribution in [2.45, 2.75) is 26.4 Å². The van der Waals surface area contributed by atoms with Crippen molar-refractivity contribution in [3.63, 3.8) is 0 Å². The molecule has 2 aromatic carbocycles. The second-order valence-electron chi connectivity index (χ2n) is 6.29. The molecule has 0 spiro atoms. The number of pyridine rings is 1. The van der Waals surface area contributed by atoms with Crippen molar-refractivity contribution in [1.29, 1.82) is 0 Å². The molecule has 0 aliphatic rings. The summed E-state index contributed by atoms with van der Waals surface area (Å²) in [4.78, 5) is 16.6. The van der Waals surface area contributed by atoms with E-state index in [0.29, 0.717) is 12.1 Å². The number of benzene rings is 2. The van der Waals surface area contributed by atoms with Gasteiger partial charge in [-0.1, -0.05) is 37.3 Å². The molecule has 26 heavy (non-hydrogen) atoms. The van der Waals surface area contributed by atoms with Gasteiger partial charge in [-0.3, -0.25) is 4.98 Å². The molecule has 1 atom stereocenters. The third-order valence-corrected chi connectivity index (χ3v) is 4.32. The standard InChI is InChI=1S/C21H23N3O2/c1-3-18(25)13-22-21(26)24-17-9-10-20-16(11-17)12-19(14(2)23-20)15-7-5-4-6-8-15/h4-12,18,25H,3,13H2,1-2H3,(H2,22,24,26)/t18-/m0/s1. The first-order chi connectivity index (χ1) is 12.6. The Morgan fingerprint density at radius 1 is 1.15 bits per heavy atom. The van der Waals surface area contributed by atoms with Gasteiger partial charge in [0.15, 0.2) is 0 Å². The Morgan fingerprint density at radius 3 is 2.65 bits per heavy atom. The average Bonchev–Trinajstić information content (AvgIpc) is 2.66. The van der Waals surface area contributed by atoms with Crippen LogP contribution in [0.15, 0.2) is 54.6 Å². The highest BCUT2D eigenvalue weighted by molar-refractivity contribution is 5.93. The van der Waals surface area contributed by atoms with Crippen LogP contribution in [0.4, 0.5) is 10.5 Å². The number of aromatic nitrogens is 1. The molecule has 0 bridgehead atoms. The number of nitrogens with zero attached hydrogens (tertiary/aromatic N) is 1. The zero-order valence-corrected chi connectivity index (χ0v) is 15.0.